The maximum Gasteiger partial charge on any atom is 0.123 e. The van der Waals surface area contributed by atoms with E-state index >= 15 is 0 Å². The van der Waals surface area contributed by atoms with Gasteiger partial charge in [-0.25, -0.2) is 4.39 Å². The second-order valence-corrected chi connectivity index (χ2v) is 4.13. The average Bonchev–Trinajstić information content (AvgIpc) is 2.85. The van der Waals surface area contributed by atoms with Crippen LogP contribution in [-0.2, 0) is 6.54 Å². The van der Waals surface area contributed by atoms with Crippen molar-refractivity contribution in [2.75, 3.05) is 0 Å². The number of halogens is 1. The number of nitrogens with zero attached hydrogens (tertiary/aromatic N) is 1. The number of hydrogen-bond acceptors (Lipinski definition) is 0. The molecule has 0 aliphatic carbocycles. The van der Waals surface area contributed by atoms with Crippen LogP contribution in [0.15, 0.2) is 60.8 Å². The molecule has 0 aliphatic heterocycles. The van der Waals surface area contributed by atoms with Crippen LogP contribution < -0.4 is 0 Å². The zero-order chi connectivity index (χ0) is 13.7. The molecule has 0 saturated heterocycles. The predicted molar refractivity (Wildman–Crippen MR) is 86.9 cm³/mol. The van der Waals surface area contributed by atoms with Gasteiger partial charge in [0.25, 0.3) is 0 Å². The van der Waals surface area contributed by atoms with Gasteiger partial charge in [-0.1, -0.05) is 30.3 Å². The molecule has 1 aromatic heterocycles. The van der Waals surface area contributed by atoms with Crippen LogP contribution in [0.2, 0.25) is 0 Å². The number of benzene rings is 2. The second-order valence-electron chi connectivity index (χ2n) is 4.13. The molecule has 0 aliphatic rings. The van der Waals surface area contributed by atoms with E-state index in [2.05, 4.69) is 40.6 Å². The topological polar surface area (TPSA) is 4.93 Å². The molecule has 98 valence electrons. The fraction of sp³-hybridized carbons (Fsp3) is 0.0667. The summed E-state index contributed by atoms with van der Waals surface area (Å²) in [4.78, 5) is 0. The van der Waals surface area contributed by atoms with Crippen LogP contribution in [0.5, 0.6) is 0 Å². The van der Waals surface area contributed by atoms with Gasteiger partial charge in [0.2, 0.25) is 0 Å². The Kier molecular flexibility index (Phi) is 5.07. The van der Waals surface area contributed by atoms with Gasteiger partial charge in [0.15, 0.2) is 0 Å². The summed E-state index contributed by atoms with van der Waals surface area (Å²) in [7, 11) is 4.67. The highest BCUT2D eigenvalue weighted by Gasteiger charge is 2.01. The first-order valence-electron chi connectivity index (χ1n) is 5.94. The average molecular weight is 291 g/mol. The summed E-state index contributed by atoms with van der Waals surface area (Å²) in [6.07, 6.45) is 2.04. The predicted octanol–water partition coefficient (Wildman–Crippen LogP) is 4.48. The van der Waals surface area contributed by atoms with Crippen molar-refractivity contribution < 1.29 is 4.39 Å². The highest BCUT2D eigenvalue weighted by atomic mass is 32.0. The van der Waals surface area contributed by atoms with Crippen LogP contribution in [0.25, 0.3) is 10.9 Å². The molecular weight excluding hydrogens is 275 g/mol. The Morgan fingerprint density at radius 2 is 1.74 bits per heavy atom. The van der Waals surface area contributed by atoms with Crippen LogP contribution in [0.1, 0.15) is 5.56 Å². The third-order valence-electron chi connectivity index (χ3n) is 2.92. The normalized spacial score (nSPS) is 10.1. The fourth-order valence-electron chi connectivity index (χ4n) is 2.11. The smallest absolute Gasteiger partial charge is 0.123 e. The van der Waals surface area contributed by atoms with E-state index in [0.717, 1.165) is 5.56 Å². The Morgan fingerprint density at radius 3 is 2.53 bits per heavy atom. The van der Waals surface area contributed by atoms with Crippen LogP contribution in [-0.4, -0.2) is 4.57 Å². The number of hydrogen-bond donors (Lipinski definition) is 0. The van der Waals surface area contributed by atoms with Crippen molar-refractivity contribution in [1.82, 2.24) is 4.57 Å². The molecule has 0 N–H and O–H groups in total. The van der Waals surface area contributed by atoms with E-state index in [0.29, 0.717) is 6.54 Å². The van der Waals surface area contributed by atoms with Crippen molar-refractivity contribution in [2.45, 2.75) is 6.54 Å². The Balaban J connectivity index is 0.000000637. The Hall–Kier alpha value is -1.23. The van der Waals surface area contributed by atoms with Gasteiger partial charge in [0.1, 0.15) is 5.82 Å². The van der Waals surface area contributed by atoms with Crippen LogP contribution >= 0.6 is 17.9 Å². The molecule has 0 amide bonds. The molecule has 19 heavy (non-hydrogen) atoms. The number of aromatic nitrogens is 1. The van der Waals surface area contributed by atoms with E-state index in [-0.39, 0.29) is 5.82 Å². The third-order valence-corrected chi connectivity index (χ3v) is 2.92. The van der Waals surface area contributed by atoms with Crippen molar-refractivity contribution in [3.63, 3.8) is 0 Å². The largest absolute Gasteiger partial charge is 0.343 e. The summed E-state index contributed by atoms with van der Waals surface area (Å²) < 4.78 is 15.2. The number of fused-ring (bicyclic) bond motifs is 1. The van der Waals surface area contributed by atoms with E-state index in [9.17, 15) is 4.39 Å². The first-order chi connectivity index (χ1) is 9.33. The number of rotatable bonds is 2. The van der Waals surface area contributed by atoms with Gasteiger partial charge < -0.3 is 4.57 Å². The van der Waals surface area contributed by atoms with Crippen molar-refractivity contribution in [3.8, 4) is 0 Å². The summed E-state index contributed by atoms with van der Waals surface area (Å²) >= 11 is 0. The quantitative estimate of drug-likeness (QED) is 0.613. The monoisotopic (exact) mass is 291 g/mol. The third kappa shape index (κ3) is 3.41. The van der Waals surface area contributed by atoms with E-state index in [1.165, 1.54) is 17.0 Å². The Morgan fingerprint density at radius 1 is 0.947 bits per heavy atom. The van der Waals surface area contributed by atoms with Crippen molar-refractivity contribution in [1.29, 1.82) is 0 Å². The Labute approximate surface area is 117 Å². The Bertz CT molecular complexity index is 664. The van der Waals surface area contributed by atoms with Gasteiger partial charge in [-0.2, -0.15) is 0 Å². The zero-order valence-electron chi connectivity index (χ0n) is 10.5. The van der Waals surface area contributed by atoms with Crippen molar-refractivity contribution in [3.05, 3.63) is 72.2 Å². The summed E-state index contributed by atoms with van der Waals surface area (Å²) in [5, 5.41) is 1.21. The van der Waals surface area contributed by atoms with Gasteiger partial charge in [0, 0.05) is 18.3 Å². The first-order valence-corrected chi connectivity index (χ1v) is 8.61. The lowest BCUT2D eigenvalue weighted by Crippen LogP contribution is -1.97. The van der Waals surface area contributed by atoms with Gasteiger partial charge in [-0.15, -0.1) is 17.9 Å². The summed E-state index contributed by atoms with van der Waals surface area (Å²) in [6, 6.07) is 17.0. The standard InChI is InChI=1S/C15H12FN.H4P2/c16-14-6-3-4-12(10-14)11-17-9-8-13-5-1-2-7-15(13)17;1-2/h1-10H,11H2;1-2H2. The van der Waals surface area contributed by atoms with E-state index in [4.69, 9.17) is 0 Å². The molecule has 1 heterocycles. The van der Waals surface area contributed by atoms with Gasteiger partial charge in [-0.05, 0) is 35.2 Å². The minimum atomic E-state index is -0.182. The van der Waals surface area contributed by atoms with E-state index in [1.54, 1.807) is 12.1 Å². The molecule has 2 aromatic carbocycles. The van der Waals surface area contributed by atoms with Crippen molar-refractivity contribution in [2.24, 2.45) is 0 Å². The first kappa shape index (κ1) is 14.2. The highest BCUT2D eigenvalue weighted by molar-refractivity contribution is 7.92. The lowest BCUT2D eigenvalue weighted by molar-refractivity contribution is 0.624. The van der Waals surface area contributed by atoms with Crippen molar-refractivity contribution >= 4 is 28.8 Å². The minimum absolute atomic E-state index is 0.182. The minimum Gasteiger partial charge on any atom is -0.343 e. The number of para-hydroxylation sites is 1. The molecule has 0 fully saturated rings. The summed E-state index contributed by atoms with van der Waals surface area (Å²) in [5.74, 6) is -0.182. The molecule has 2 atom stereocenters. The maximum absolute atomic E-state index is 13.1. The molecule has 0 saturated carbocycles. The molecule has 2 unspecified atom stereocenters. The molecule has 0 radical (unpaired) electrons. The zero-order valence-corrected chi connectivity index (χ0v) is 12.8. The van der Waals surface area contributed by atoms with Gasteiger partial charge in [0.05, 0.1) is 0 Å². The second kappa shape index (κ2) is 6.80. The molecule has 0 bridgehead atoms. The van der Waals surface area contributed by atoms with Crippen LogP contribution in [0.4, 0.5) is 4.39 Å². The molecular formula is C15H16FNP2. The summed E-state index contributed by atoms with van der Waals surface area (Å²) in [6.45, 7) is 0.700. The van der Waals surface area contributed by atoms with E-state index in [1.807, 2.05) is 24.4 Å². The molecule has 4 heteroatoms. The van der Waals surface area contributed by atoms with Crippen LogP contribution in [0.3, 0.4) is 0 Å². The summed E-state index contributed by atoms with van der Waals surface area (Å²) in [5.41, 5.74) is 2.16. The molecule has 3 rings (SSSR count). The lowest BCUT2D eigenvalue weighted by Gasteiger charge is -2.05. The SMILES string of the molecule is Fc1cccc(Cn2ccc3ccccc32)c1.PP. The van der Waals surface area contributed by atoms with Crippen LogP contribution in [0, 0.1) is 5.82 Å². The van der Waals surface area contributed by atoms with E-state index < -0.39 is 0 Å². The van der Waals surface area contributed by atoms with Gasteiger partial charge in [-0.3, -0.25) is 0 Å². The van der Waals surface area contributed by atoms with Gasteiger partial charge >= 0.3 is 0 Å². The fourth-order valence-corrected chi connectivity index (χ4v) is 2.11. The highest BCUT2D eigenvalue weighted by Crippen LogP contribution is 2.17. The lowest BCUT2D eigenvalue weighted by atomic mass is 10.2. The maximum atomic E-state index is 13.1. The molecule has 0 spiro atoms. The molecule has 3 aromatic rings. The molecule has 1 nitrogen and oxygen atoms in total.